The Labute approximate surface area is 381 Å². The Morgan fingerprint density at radius 3 is 2.42 bits per heavy atom. The van der Waals surface area contributed by atoms with Crippen LogP contribution >= 0.6 is 23.1 Å². The maximum atomic E-state index is 14.0. The van der Waals surface area contributed by atoms with E-state index in [-0.39, 0.29) is 73.0 Å². The lowest BCUT2D eigenvalue weighted by molar-refractivity contribution is -0.144. The molecule has 65 heavy (non-hydrogen) atoms. The first-order valence-corrected chi connectivity index (χ1v) is 22.2. The number of thiazole rings is 1. The molecule has 342 valence electrons. The molecule has 0 unspecified atom stereocenters. The van der Waals surface area contributed by atoms with Gasteiger partial charge in [-0.2, -0.15) is 18.4 Å². The molecule has 3 heterocycles. The number of aliphatic hydroxyl groups is 1. The Balaban J connectivity index is 0.995. The molecule has 5 amide bonds. The van der Waals surface area contributed by atoms with Crippen LogP contribution in [0.5, 0.6) is 5.75 Å². The Morgan fingerprint density at radius 1 is 1.05 bits per heavy atom. The molecule has 2 aliphatic heterocycles. The first-order chi connectivity index (χ1) is 30.8. The van der Waals surface area contributed by atoms with Crippen molar-refractivity contribution in [1.82, 2.24) is 25.4 Å². The molecule has 2 aliphatic rings. The number of ether oxygens (including phenoxy) is 2. The number of imide groups is 1. The van der Waals surface area contributed by atoms with Gasteiger partial charge in [-0.05, 0) is 70.6 Å². The van der Waals surface area contributed by atoms with E-state index in [9.17, 15) is 42.3 Å². The number of nitriles is 1. The molecule has 0 aliphatic carbocycles. The third-order valence-corrected chi connectivity index (χ3v) is 12.7. The summed E-state index contributed by atoms with van der Waals surface area (Å²) in [6, 6.07) is 15.0. The van der Waals surface area contributed by atoms with E-state index in [1.54, 1.807) is 43.7 Å². The van der Waals surface area contributed by atoms with Crippen molar-refractivity contribution in [3.63, 3.8) is 0 Å². The number of hydrogen-bond acceptors (Lipinski definition) is 12. The lowest BCUT2D eigenvalue weighted by atomic mass is 9.85. The first kappa shape index (κ1) is 48.4. The van der Waals surface area contributed by atoms with E-state index < -0.39 is 64.2 Å². The number of rotatable bonds is 15. The molecule has 0 saturated carbocycles. The van der Waals surface area contributed by atoms with Crippen molar-refractivity contribution in [1.29, 1.82) is 5.26 Å². The highest BCUT2D eigenvalue weighted by Gasteiger charge is 2.44. The monoisotopic (exact) mass is 932 g/mol. The Hall–Kier alpha value is -6.07. The molecular weight excluding hydrogens is 886 g/mol. The standard InChI is InChI=1S/C46H47F3N6O8S2/c1-26-39(64-25-52-26)30-10-6-27(7-11-30)23-51-41(58)35-21-31(56)24-55(35)43(60)40(45(2,3)4)53-38(57)14-16-63-17-15-54-42(59)37(65-44(54)61)20-28-8-13-33(36(19-28)62-5)32-12-9-29(22-50)18-34(32)46(47,48)49/h6-13,18-20,25,31,35,40,56H,14-17,21,23-24H2,1-5H3,(H,51,58)(H,53,57)/b37-20+/t31-,35+,40-/m1/s1. The number of halogens is 3. The van der Waals surface area contributed by atoms with Crippen LogP contribution in [-0.4, -0.2) is 100 Å². The van der Waals surface area contributed by atoms with Crippen molar-refractivity contribution in [2.75, 3.05) is 33.4 Å². The first-order valence-electron chi connectivity index (χ1n) is 20.5. The van der Waals surface area contributed by atoms with Crippen LogP contribution in [0.2, 0.25) is 0 Å². The second-order valence-electron chi connectivity index (χ2n) is 16.5. The summed E-state index contributed by atoms with van der Waals surface area (Å²) in [5.41, 5.74) is 2.92. The predicted octanol–water partition coefficient (Wildman–Crippen LogP) is 6.94. The molecule has 2 saturated heterocycles. The number of carbonyl (C=O) groups is 5. The number of aliphatic hydroxyl groups excluding tert-OH is 1. The van der Waals surface area contributed by atoms with E-state index in [0.717, 1.165) is 32.7 Å². The van der Waals surface area contributed by atoms with Crippen LogP contribution in [0.4, 0.5) is 18.0 Å². The predicted molar refractivity (Wildman–Crippen MR) is 238 cm³/mol. The summed E-state index contributed by atoms with van der Waals surface area (Å²) in [6.45, 7) is 7.03. The SMILES string of the molecule is COc1cc(/C=C2/SC(=O)N(CCOCCC(=O)N[C@H](C(=O)N3C[C@H](O)C[C@H]3C(=O)NCc3ccc(-c4scnc4C)cc3)C(C)(C)C)C2=O)ccc1-c1ccc(C#N)cc1C(F)(F)F. The van der Waals surface area contributed by atoms with Gasteiger partial charge in [0.1, 0.15) is 17.8 Å². The minimum absolute atomic E-state index is 0.0372. The quantitative estimate of drug-likeness (QED) is 0.0827. The van der Waals surface area contributed by atoms with Crippen LogP contribution in [0.25, 0.3) is 27.6 Å². The summed E-state index contributed by atoms with van der Waals surface area (Å²) in [5, 5.41) is 24.8. The van der Waals surface area contributed by atoms with Crippen molar-refractivity contribution < 1.29 is 51.7 Å². The van der Waals surface area contributed by atoms with Crippen LogP contribution in [0.15, 0.2) is 71.1 Å². The van der Waals surface area contributed by atoms with Crippen molar-refractivity contribution in [2.45, 2.75) is 71.4 Å². The number of nitrogens with zero attached hydrogens (tertiary/aromatic N) is 4. The molecule has 19 heteroatoms. The Morgan fingerprint density at radius 2 is 1.77 bits per heavy atom. The van der Waals surface area contributed by atoms with E-state index in [4.69, 9.17) is 14.7 Å². The number of amides is 5. The number of alkyl halides is 3. The minimum atomic E-state index is -4.75. The zero-order valence-electron chi connectivity index (χ0n) is 36.2. The van der Waals surface area contributed by atoms with Gasteiger partial charge < -0.3 is 30.1 Å². The molecule has 0 bridgehead atoms. The van der Waals surface area contributed by atoms with Crippen LogP contribution in [0.3, 0.4) is 0 Å². The molecule has 3 atom stereocenters. The number of carbonyl (C=O) groups excluding carboxylic acids is 5. The van der Waals surface area contributed by atoms with Crippen molar-refractivity contribution in [3.05, 3.63) is 99.0 Å². The third-order valence-electron chi connectivity index (χ3n) is 10.8. The number of methoxy groups -OCH3 is 1. The highest BCUT2D eigenvalue weighted by molar-refractivity contribution is 8.18. The minimum Gasteiger partial charge on any atom is -0.496 e. The maximum Gasteiger partial charge on any atom is 0.417 e. The molecule has 2 fully saturated rings. The van der Waals surface area contributed by atoms with E-state index >= 15 is 0 Å². The average Bonchev–Trinajstić information content (AvgIpc) is 3.96. The summed E-state index contributed by atoms with van der Waals surface area (Å²) < 4.78 is 52.7. The number of thioether (sulfide) groups is 1. The summed E-state index contributed by atoms with van der Waals surface area (Å²) in [5.74, 6) is -2.00. The number of benzene rings is 3. The van der Waals surface area contributed by atoms with Gasteiger partial charge >= 0.3 is 6.18 Å². The smallest absolute Gasteiger partial charge is 0.417 e. The van der Waals surface area contributed by atoms with E-state index in [1.807, 2.05) is 31.2 Å². The molecule has 0 spiro atoms. The molecule has 4 aromatic rings. The zero-order valence-corrected chi connectivity index (χ0v) is 37.8. The number of β-amino-alcohol motifs (C(OH)–C–C–N with tert-alkyl or cyclic N) is 1. The topological polar surface area (TPSA) is 191 Å². The van der Waals surface area contributed by atoms with Crippen molar-refractivity contribution in [3.8, 4) is 33.4 Å². The number of hydrogen-bond donors (Lipinski definition) is 3. The van der Waals surface area contributed by atoms with Gasteiger partial charge in [0.2, 0.25) is 17.7 Å². The molecule has 3 N–H and O–H groups in total. The second kappa shape index (κ2) is 20.4. The fourth-order valence-corrected chi connectivity index (χ4v) is 9.06. The van der Waals surface area contributed by atoms with Gasteiger partial charge in [-0.1, -0.05) is 63.2 Å². The van der Waals surface area contributed by atoms with E-state index in [2.05, 4.69) is 15.6 Å². The largest absolute Gasteiger partial charge is 0.496 e. The highest BCUT2D eigenvalue weighted by atomic mass is 32.2. The lowest BCUT2D eigenvalue weighted by Crippen LogP contribution is -2.57. The summed E-state index contributed by atoms with van der Waals surface area (Å²) >= 11 is 2.22. The normalized spacial score (nSPS) is 17.6. The number of aryl methyl sites for hydroxylation is 1. The average molecular weight is 933 g/mol. The number of aromatic nitrogens is 1. The van der Waals surface area contributed by atoms with Gasteiger partial charge in [0.15, 0.2) is 0 Å². The molecule has 1 aromatic heterocycles. The molecular formula is C46H47F3N6O8S2. The maximum absolute atomic E-state index is 14.0. The molecule has 6 rings (SSSR count). The van der Waals surface area contributed by atoms with Gasteiger partial charge in [-0.25, -0.2) is 4.98 Å². The molecule has 0 radical (unpaired) electrons. The van der Waals surface area contributed by atoms with Crippen LogP contribution < -0.4 is 15.4 Å². The Kier molecular flexibility index (Phi) is 15.2. The van der Waals surface area contributed by atoms with Crippen molar-refractivity contribution >= 4 is 58.0 Å². The molecule has 14 nitrogen and oxygen atoms in total. The third kappa shape index (κ3) is 11.6. The van der Waals surface area contributed by atoms with E-state index in [0.29, 0.717) is 17.3 Å². The molecule has 3 aromatic carbocycles. The van der Waals surface area contributed by atoms with Crippen LogP contribution in [0.1, 0.15) is 61.6 Å². The van der Waals surface area contributed by atoms with Gasteiger partial charge in [0.25, 0.3) is 11.1 Å². The Bertz CT molecular complexity index is 2530. The summed E-state index contributed by atoms with van der Waals surface area (Å²) in [7, 11) is 1.28. The lowest BCUT2D eigenvalue weighted by Gasteiger charge is -2.35. The van der Waals surface area contributed by atoms with Crippen LogP contribution in [-0.2, 0) is 36.6 Å². The number of nitrogens with one attached hydrogen (secondary N) is 2. The van der Waals surface area contributed by atoms with Crippen LogP contribution in [0, 0.1) is 23.7 Å². The van der Waals surface area contributed by atoms with Gasteiger partial charge in [-0.3, -0.25) is 28.9 Å². The fourth-order valence-electron chi connectivity index (χ4n) is 7.38. The summed E-state index contributed by atoms with van der Waals surface area (Å²) in [6.07, 6.45) is -4.40. The van der Waals surface area contributed by atoms with Gasteiger partial charge in [-0.15, -0.1) is 11.3 Å². The van der Waals surface area contributed by atoms with Gasteiger partial charge in [0, 0.05) is 31.5 Å². The van der Waals surface area contributed by atoms with E-state index in [1.165, 1.54) is 48.4 Å². The fraction of sp³-hybridized carbons (Fsp3) is 0.370. The van der Waals surface area contributed by atoms with Gasteiger partial charge in [0.05, 0.1) is 71.2 Å². The summed E-state index contributed by atoms with van der Waals surface area (Å²) in [4.78, 5) is 74.3. The van der Waals surface area contributed by atoms with Crippen molar-refractivity contribution in [2.24, 2.45) is 5.41 Å². The zero-order chi connectivity index (χ0) is 47.2. The second-order valence-corrected chi connectivity index (χ2v) is 18.3. The number of likely N-dealkylation sites (tertiary alicyclic amines) is 1. The highest BCUT2D eigenvalue weighted by Crippen LogP contribution is 2.42.